The van der Waals surface area contributed by atoms with Crippen LogP contribution in [0.1, 0.15) is 28.3 Å². The molecular formula is C12H16N2. The van der Waals surface area contributed by atoms with Gasteiger partial charge in [0.05, 0.1) is 6.07 Å². The Hall–Kier alpha value is -1.33. The molecule has 0 heterocycles. The lowest BCUT2D eigenvalue weighted by Crippen LogP contribution is -2.15. The fraction of sp³-hybridized carbons (Fsp3) is 0.417. The summed E-state index contributed by atoms with van der Waals surface area (Å²) in [5.74, 6) is 0. The van der Waals surface area contributed by atoms with E-state index in [0.717, 1.165) is 5.56 Å². The van der Waals surface area contributed by atoms with Gasteiger partial charge in [-0.25, -0.2) is 0 Å². The maximum absolute atomic E-state index is 8.95. The molecule has 0 spiro atoms. The second kappa shape index (κ2) is 4.26. The Labute approximate surface area is 85.6 Å². The molecule has 14 heavy (non-hydrogen) atoms. The predicted molar refractivity (Wildman–Crippen MR) is 58.1 cm³/mol. The first-order valence-electron chi connectivity index (χ1n) is 4.75. The fourth-order valence-corrected chi connectivity index (χ4v) is 1.58. The summed E-state index contributed by atoms with van der Waals surface area (Å²) < 4.78 is 0. The molecule has 1 aromatic carbocycles. The molecule has 0 fully saturated rings. The van der Waals surface area contributed by atoms with Crippen molar-refractivity contribution in [1.82, 2.24) is 5.32 Å². The summed E-state index contributed by atoms with van der Waals surface area (Å²) in [7, 11) is 1.81. The molecule has 1 atom stereocenters. The van der Waals surface area contributed by atoms with Crippen LogP contribution in [-0.4, -0.2) is 7.05 Å². The number of hydrogen-bond donors (Lipinski definition) is 1. The Morgan fingerprint density at radius 1 is 1.21 bits per heavy atom. The van der Waals surface area contributed by atoms with Crippen molar-refractivity contribution in [1.29, 1.82) is 5.26 Å². The molecule has 0 bridgehead atoms. The molecule has 1 unspecified atom stereocenters. The molecule has 1 N–H and O–H groups in total. The first kappa shape index (κ1) is 10.7. The third-order valence-electron chi connectivity index (χ3n) is 2.83. The molecule has 1 aromatic rings. The summed E-state index contributed by atoms with van der Waals surface area (Å²) in [5, 5.41) is 11.9. The summed E-state index contributed by atoms with van der Waals surface area (Å²) in [4.78, 5) is 0. The van der Waals surface area contributed by atoms with Crippen LogP contribution in [0, 0.1) is 32.1 Å². The van der Waals surface area contributed by atoms with E-state index >= 15 is 0 Å². The number of hydrogen-bond acceptors (Lipinski definition) is 2. The molecule has 2 heteroatoms. The van der Waals surface area contributed by atoms with Gasteiger partial charge in [-0.3, -0.25) is 0 Å². The van der Waals surface area contributed by atoms with E-state index in [-0.39, 0.29) is 6.04 Å². The number of aryl methyl sites for hydroxylation is 1. The molecule has 0 aliphatic rings. The summed E-state index contributed by atoms with van der Waals surface area (Å²) in [6.07, 6.45) is 0. The molecule has 0 aromatic heterocycles. The van der Waals surface area contributed by atoms with Crippen LogP contribution in [0.5, 0.6) is 0 Å². The van der Waals surface area contributed by atoms with Crippen LogP contribution in [0.15, 0.2) is 12.1 Å². The van der Waals surface area contributed by atoms with Gasteiger partial charge in [-0.05, 0) is 50.1 Å². The van der Waals surface area contributed by atoms with Crippen molar-refractivity contribution in [3.63, 3.8) is 0 Å². The van der Waals surface area contributed by atoms with Crippen molar-refractivity contribution >= 4 is 0 Å². The zero-order valence-corrected chi connectivity index (χ0v) is 9.18. The highest BCUT2D eigenvalue weighted by Crippen LogP contribution is 2.22. The normalized spacial score (nSPS) is 12.2. The van der Waals surface area contributed by atoms with Crippen LogP contribution >= 0.6 is 0 Å². The van der Waals surface area contributed by atoms with Gasteiger partial charge >= 0.3 is 0 Å². The largest absolute Gasteiger partial charge is 0.301 e. The van der Waals surface area contributed by atoms with Crippen molar-refractivity contribution in [3.05, 3.63) is 34.4 Å². The Morgan fingerprint density at radius 3 is 2.36 bits per heavy atom. The number of nitrogens with zero attached hydrogens (tertiary/aromatic N) is 1. The highest BCUT2D eigenvalue weighted by atomic mass is 14.9. The first-order valence-corrected chi connectivity index (χ1v) is 4.75. The summed E-state index contributed by atoms with van der Waals surface area (Å²) in [6, 6.07) is 6.14. The van der Waals surface area contributed by atoms with Crippen molar-refractivity contribution in [2.75, 3.05) is 7.05 Å². The number of benzene rings is 1. The minimum Gasteiger partial charge on any atom is -0.301 e. The minimum absolute atomic E-state index is 0.200. The van der Waals surface area contributed by atoms with Crippen LogP contribution < -0.4 is 5.32 Å². The topological polar surface area (TPSA) is 35.8 Å². The Bertz CT molecular complexity index is 375. The number of nitrogens with one attached hydrogen (secondary N) is 1. The summed E-state index contributed by atoms with van der Waals surface area (Å²) in [6.45, 7) is 6.25. The summed E-state index contributed by atoms with van der Waals surface area (Å²) >= 11 is 0. The molecular weight excluding hydrogens is 172 g/mol. The SMILES string of the molecule is CNC(C#N)c1ccc(C)c(C)c1C. The van der Waals surface area contributed by atoms with Crippen LogP contribution in [0.3, 0.4) is 0 Å². The minimum atomic E-state index is -0.200. The van der Waals surface area contributed by atoms with E-state index in [1.165, 1.54) is 16.7 Å². The Balaban J connectivity index is 3.24. The second-order valence-corrected chi connectivity index (χ2v) is 3.57. The maximum atomic E-state index is 8.95. The van der Waals surface area contributed by atoms with Crippen molar-refractivity contribution < 1.29 is 0 Å². The molecule has 1 rings (SSSR count). The van der Waals surface area contributed by atoms with Gasteiger partial charge in [0.25, 0.3) is 0 Å². The zero-order chi connectivity index (χ0) is 10.7. The molecule has 0 amide bonds. The molecule has 0 aliphatic carbocycles. The zero-order valence-electron chi connectivity index (χ0n) is 9.18. The van der Waals surface area contributed by atoms with Gasteiger partial charge in [-0.15, -0.1) is 0 Å². The van der Waals surface area contributed by atoms with E-state index in [9.17, 15) is 0 Å². The van der Waals surface area contributed by atoms with E-state index in [0.29, 0.717) is 0 Å². The molecule has 0 saturated carbocycles. The van der Waals surface area contributed by atoms with E-state index in [1.807, 2.05) is 13.1 Å². The van der Waals surface area contributed by atoms with Gasteiger partial charge in [-0.2, -0.15) is 5.26 Å². The smallest absolute Gasteiger partial charge is 0.121 e. The highest BCUT2D eigenvalue weighted by molar-refractivity contribution is 5.41. The van der Waals surface area contributed by atoms with Crippen molar-refractivity contribution in [2.45, 2.75) is 26.8 Å². The Morgan fingerprint density at radius 2 is 1.86 bits per heavy atom. The molecule has 0 saturated heterocycles. The quantitative estimate of drug-likeness (QED) is 0.773. The van der Waals surface area contributed by atoms with Crippen molar-refractivity contribution in [3.8, 4) is 6.07 Å². The average molecular weight is 188 g/mol. The van der Waals surface area contributed by atoms with E-state index in [2.05, 4.69) is 38.2 Å². The lowest BCUT2D eigenvalue weighted by molar-refractivity contribution is 0.721. The van der Waals surface area contributed by atoms with Crippen LogP contribution in [0.4, 0.5) is 0 Å². The summed E-state index contributed by atoms with van der Waals surface area (Å²) in [5.41, 5.74) is 4.85. The van der Waals surface area contributed by atoms with E-state index in [4.69, 9.17) is 5.26 Å². The van der Waals surface area contributed by atoms with Crippen LogP contribution in [0.2, 0.25) is 0 Å². The molecule has 74 valence electrons. The monoisotopic (exact) mass is 188 g/mol. The first-order chi connectivity index (χ1) is 6.61. The van der Waals surface area contributed by atoms with Gasteiger partial charge in [0.15, 0.2) is 0 Å². The number of nitriles is 1. The fourth-order valence-electron chi connectivity index (χ4n) is 1.58. The van der Waals surface area contributed by atoms with E-state index in [1.54, 1.807) is 0 Å². The third-order valence-corrected chi connectivity index (χ3v) is 2.83. The van der Waals surface area contributed by atoms with Crippen LogP contribution in [-0.2, 0) is 0 Å². The van der Waals surface area contributed by atoms with Crippen LogP contribution in [0.25, 0.3) is 0 Å². The number of rotatable bonds is 2. The molecule has 0 aliphatic heterocycles. The second-order valence-electron chi connectivity index (χ2n) is 3.57. The van der Waals surface area contributed by atoms with Gasteiger partial charge in [-0.1, -0.05) is 12.1 Å². The molecule has 2 nitrogen and oxygen atoms in total. The Kier molecular flexibility index (Phi) is 3.27. The van der Waals surface area contributed by atoms with Gasteiger partial charge in [0, 0.05) is 0 Å². The van der Waals surface area contributed by atoms with Gasteiger partial charge in [0.2, 0.25) is 0 Å². The van der Waals surface area contributed by atoms with Gasteiger partial charge in [0.1, 0.15) is 6.04 Å². The lowest BCUT2D eigenvalue weighted by atomic mass is 9.95. The average Bonchev–Trinajstić information content (AvgIpc) is 2.19. The van der Waals surface area contributed by atoms with E-state index < -0.39 is 0 Å². The highest BCUT2D eigenvalue weighted by Gasteiger charge is 2.12. The van der Waals surface area contributed by atoms with Gasteiger partial charge < -0.3 is 5.32 Å². The predicted octanol–water partition coefficient (Wildman–Crippen LogP) is 2.40. The lowest BCUT2D eigenvalue weighted by Gasteiger charge is -2.14. The standard InChI is InChI=1S/C12H16N2/c1-8-5-6-11(10(3)9(8)2)12(7-13)14-4/h5-6,12,14H,1-4H3. The third kappa shape index (κ3) is 1.78. The molecule has 0 radical (unpaired) electrons. The van der Waals surface area contributed by atoms with Crippen molar-refractivity contribution in [2.24, 2.45) is 0 Å². The maximum Gasteiger partial charge on any atom is 0.121 e.